The average Bonchev–Trinajstić information content (AvgIpc) is 2.43. The number of hydrogen-bond acceptors (Lipinski definition) is 3. The fourth-order valence-electron chi connectivity index (χ4n) is 1.67. The Labute approximate surface area is 108 Å². The zero-order chi connectivity index (χ0) is 13.8. The number of pyridine rings is 1. The SMILES string of the molecule is NCCCNC(=O)c1cnc2c(F)c(F)ccc2c1. The van der Waals surface area contributed by atoms with Crippen LogP contribution in [0.5, 0.6) is 0 Å². The molecule has 0 fully saturated rings. The van der Waals surface area contributed by atoms with E-state index >= 15 is 0 Å². The van der Waals surface area contributed by atoms with Gasteiger partial charge in [0, 0.05) is 18.1 Å². The van der Waals surface area contributed by atoms with E-state index in [-0.39, 0.29) is 11.4 Å². The van der Waals surface area contributed by atoms with Crippen LogP contribution in [0.25, 0.3) is 10.9 Å². The largest absolute Gasteiger partial charge is 0.352 e. The maximum absolute atomic E-state index is 13.4. The molecule has 0 aliphatic carbocycles. The second kappa shape index (κ2) is 5.71. The number of hydrogen-bond donors (Lipinski definition) is 2. The van der Waals surface area contributed by atoms with Crippen molar-refractivity contribution in [1.29, 1.82) is 0 Å². The van der Waals surface area contributed by atoms with Crippen LogP contribution in [0.2, 0.25) is 0 Å². The summed E-state index contributed by atoms with van der Waals surface area (Å²) in [7, 11) is 0. The van der Waals surface area contributed by atoms with Gasteiger partial charge in [-0.3, -0.25) is 9.78 Å². The third-order valence-electron chi connectivity index (χ3n) is 2.67. The van der Waals surface area contributed by atoms with Crippen molar-refractivity contribution in [3.05, 3.63) is 41.6 Å². The highest BCUT2D eigenvalue weighted by Crippen LogP contribution is 2.19. The van der Waals surface area contributed by atoms with Crippen LogP contribution >= 0.6 is 0 Å². The molecular weight excluding hydrogens is 252 g/mol. The van der Waals surface area contributed by atoms with Gasteiger partial charge in [0.15, 0.2) is 11.6 Å². The van der Waals surface area contributed by atoms with Crippen molar-refractivity contribution >= 4 is 16.8 Å². The zero-order valence-corrected chi connectivity index (χ0v) is 10.1. The van der Waals surface area contributed by atoms with Gasteiger partial charge in [-0.1, -0.05) is 0 Å². The lowest BCUT2D eigenvalue weighted by Crippen LogP contribution is -2.26. The zero-order valence-electron chi connectivity index (χ0n) is 10.1. The smallest absolute Gasteiger partial charge is 0.252 e. The normalized spacial score (nSPS) is 10.7. The molecule has 1 aromatic carbocycles. The van der Waals surface area contributed by atoms with Crippen molar-refractivity contribution in [3.8, 4) is 0 Å². The van der Waals surface area contributed by atoms with Gasteiger partial charge in [-0.15, -0.1) is 0 Å². The quantitative estimate of drug-likeness (QED) is 0.825. The lowest BCUT2D eigenvalue weighted by molar-refractivity contribution is 0.0953. The minimum atomic E-state index is -1.01. The molecule has 1 aromatic heterocycles. The second-order valence-corrected chi connectivity index (χ2v) is 4.06. The molecular formula is C13H13F2N3O. The van der Waals surface area contributed by atoms with Crippen molar-refractivity contribution in [2.24, 2.45) is 5.73 Å². The number of carbonyl (C=O) groups is 1. The Balaban J connectivity index is 2.27. The van der Waals surface area contributed by atoms with E-state index in [9.17, 15) is 13.6 Å². The summed E-state index contributed by atoms with van der Waals surface area (Å²) in [6.07, 6.45) is 1.90. The molecule has 6 heteroatoms. The van der Waals surface area contributed by atoms with Crippen molar-refractivity contribution < 1.29 is 13.6 Å². The minimum absolute atomic E-state index is 0.0847. The first-order valence-electron chi connectivity index (χ1n) is 5.85. The maximum atomic E-state index is 13.4. The molecule has 0 aliphatic rings. The Morgan fingerprint density at radius 2 is 2.16 bits per heavy atom. The van der Waals surface area contributed by atoms with E-state index in [0.717, 1.165) is 6.07 Å². The third-order valence-corrected chi connectivity index (χ3v) is 2.67. The lowest BCUT2D eigenvalue weighted by Gasteiger charge is -2.05. The van der Waals surface area contributed by atoms with Gasteiger partial charge in [0.25, 0.3) is 5.91 Å². The Kier molecular flexibility index (Phi) is 4.01. The molecule has 0 saturated carbocycles. The highest BCUT2D eigenvalue weighted by molar-refractivity contribution is 5.97. The first kappa shape index (κ1) is 13.4. The molecule has 0 atom stereocenters. The Hall–Kier alpha value is -2.08. The van der Waals surface area contributed by atoms with Gasteiger partial charge in [0.05, 0.1) is 5.56 Å². The third kappa shape index (κ3) is 2.85. The summed E-state index contributed by atoms with van der Waals surface area (Å²) < 4.78 is 26.4. The molecule has 0 unspecified atom stereocenters. The number of fused-ring (bicyclic) bond motifs is 1. The van der Waals surface area contributed by atoms with Gasteiger partial charge in [0.2, 0.25) is 0 Å². The molecule has 100 valence electrons. The Morgan fingerprint density at radius 3 is 2.89 bits per heavy atom. The summed E-state index contributed by atoms with van der Waals surface area (Å²) in [6.45, 7) is 0.950. The van der Waals surface area contributed by atoms with Crippen LogP contribution in [-0.4, -0.2) is 24.0 Å². The van der Waals surface area contributed by atoms with E-state index in [1.807, 2.05) is 0 Å². The van der Waals surface area contributed by atoms with Gasteiger partial charge < -0.3 is 11.1 Å². The van der Waals surface area contributed by atoms with E-state index in [4.69, 9.17) is 5.73 Å². The monoisotopic (exact) mass is 265 g/mol. The van der Waals surface area contributed by atoms with Crippen LogP contribution in [0.15, 0.2) is 24.4 Å². The van der Waals surface area contributed by atoms with Crippen LogP contribution in [-0.2, 0) is 0 Å². The van der Waals surface area contributed by atoms with Gasteiger partial charge in [-0.25, -0.2) is 8.78 Å². The van der Waals surface area contributed by atoms with Crippen LogP contribution < -0.4 is 11.1 Å². The Morgan fingerprint density at radius 1 is 1.37 bits per heavy atom. The molecule has 2 aromatic rings. The molecule has 3 N–H and O–H groups in total. The molecule has 19 heavy (non-hydrogen) atoms. The fourth-order valence-corrected chi connectivity index (χ4v) is 1.67. The van der Waals surface area contributed by atoms with E-state index in [1.165, 1.54) is 18.3 Å². The first-order chi connectivity index (χ1) is 9.13. The number of nitrogens with one attached hydrogen (secondary N) is 1. The number of carbonyl (C=O) groups excluding carboxylic acids is 1. The highest BCUT2D eigenvalue weighted by atomic mass is 19.2. The van der Waals surface area contributed by atoms with Crippen molar-refractivity contribution in [1.82, 2.24) is 10.3 Å². The highest BCUT2D eigenvalue weighted by Gasteiger charge is 2.11. The number of halogens is 2. The molecule has 2 rings (SSSR count). The standard InChI is InChI=1S/C13H13F2N3O/c14-10-3-2-8-6-9(7-18-12(8)11(10)15)13(19)17-5-1-4-16/h2-3,6-7H,1,4-5,16H2,(H,17,19). The van der Waals surface area contributed by atoms with Crippen molar-refractivity contribution in [2.45, 2.75) is 6.42 Å². The number of benzene rings is 1. The number of aromatic nitrogens is 1. The summed E-state index contributed by atoms with van der Waals surface area (Å²) in [5.41, 5.74) is 5.53. The van der Waals surface area contributed by atoms with E-state index < -0.39 is 11.6 Å². The van der Waals surface area contributed by atoms with Crippen molar-refractivity contribution in [3.63, 3.8) is 0 Å². The van der Waals surface area contributed by atoms with Gasteiger partial charge in [0.1, 0.15) is 5.52 Å². The summed E-state index contributed by atoms with van der Waals surface area (Å²) in [5.74, 6) is -2.28. The Bertz CT molecular complexity index is 616. The van der Waals surface area contributed by atoms with Crippen LogP contribution in [0.4, 0.5) is 8.78 Å². The summed E-state index contributed by atoms with van der Waals surface area (Å²) in [4.78, 5) is 15.5. The molecule has 0 bridgehead atoms. The topological polar surface area (TPSA) is 68.0 Å². The predicted octanol–water partition coefficient (Wildman–Crippen LogP) is 1.59. The minimum Gasteiger partial charge on any atom is -0.352 e. The van der Waals surface area contributed by atoms with Crippen LogP contribution in [0.3, 0.4) is 0 Å². The average molecular weight is 265 g/mol. The predicted molar refractivity (Wildman–Crippen MR) is 67.7 cm³/mol. The fraction of sp³-hybridized carbons (Fsp3) is 0.231. The molecule has 1 amide bonds. The summed E-state index contributed by atoms with van der Waals surface area (Å²) in [6, 6.07) is 3.87. The van der Waals surface area contributed by atoms with Crippen LogP contribution in [0, 0.1) is 11.6 Å². The molecule has 0 radical (unpaired) electrons. The number of nitrogens with zero attached hydrogens (tertiary/aromatic N) is 1. The van der Waals surface area contributed by atoms with Gasteiger partial charge >= 0.3 is 0 Å². The second-order valence-electron chi connectivity index (χ2n) is 4.06. The molecule has 0 spiro atoms. The molecule has 4 nitrogen and oxygen atoms in total. The van der Waals surface area contributed by atoms with Crippen molar-refractivity contribution in [2.75, 3.05) is 13.1 Å². The van der Waals surface area contributed by atoms with Gasteiger partial charge in [-0.05, 0) is 31.2 Å². The molecule has 0 saturated heterocycles. The number of nitrogens with two attached hydrogens (primary N) is 1. The van der Waals surface area contributed by atoms with Gasteiger partial charge in [-0.2, -0.15) is 0 Å². The molecule has 1 heterocycles. The summed E-state index contributed by atoms with van der Waals surface area (Å²) in [5, 5.41) is 3.04. The van der Waals surface area contributed by atoms with E-state index in [1.54, 1.807) is 0 Å². The van der Waals surface area contributed by atoms with E-state index in [2.05, 4.69) is 10.3 Å². The lowest BCUT2D eigenvalue weighted by atomic mass is 10.1. The van der Waals surface area contributed by atoms with E-state index in [0.29, 0.717) is 30.5 Å². The summed E-state index contributed by atoms with van der Waals surface area (Å²) >= 11 is 0. The maximum Gasteiger partial charge on any atom is 0.252 e. The number of amides is 1. The molecule has 0 aliphatic heterocycles. The first-order valence-corrected chi connectivity index (χ1v) is 5.85. The number of rotatable bonds is 4. The van der Waals surface area contributed by atoms with Crippen LogP contribution in [0.1, 0.15) is 16.8 Å².